The molecule has 1 atom stereocenters. The predicted octanol–water partition coefficient (Wildman–Crippen LogP) is 2.57. The Bertz CT molecular complexity index is 539. The molecule has 0 radical (unpaired) electrons. The summed E-state index contributed by atoms with van der Waals surface area (Å²) in [5, 5.41) is 10.2. The summed E-state index contributed by atoms with van der Waals surface area (Å²) in [6, 6.07) is 13.6. The van der Waals surface area contributed by atoms with E-state index in [1.807, 2.05) is 24.1 Å². The summed E-state index contributed by atoms with van der Waals surface area (Å²) < 4.78 is 12.8. The number of rotatable bonds is 5. The van der Waals surface area contributed by atoms with E-state index in [9.17, 15) is 9.50 Å². The Hall–Kier alpha value is -1.91. The lowest BCUT2D eigenvalue weighted by atomic mass is 10.1. The van der Waals surface area contributed by atoms with Gasteiger partial charge in [-0.1, -0.05) is 24.3 Å². The normalized spacial score (nSPS) is 12.6. The van der Waals surface area contributed by atoms with Gasteiger partial charge in [0, 0.05) is 18.8 Å². The van der Waals surface area contributed by atoms with Gasteiger partial charge in [-0.25, -0.2) is 4.39 Å². The van der Waals surface area contributed by atoms with Crippen LogP contribution in [0, 0.1) is 5.82 Å². The lowest BCUT2D eigenvalue weighted by Crippen LogP contribution is -2.24. The van der Waals surface area contributed by atoms with Crippen molar-refractivity contribution in [2.75, 3.05) is 19.3 Å². The number of nitrogens with zero attached hydrogens (tertiary/aromatic N) is 1. The molecule has 0 aliphatic carbocycles. The summed E-state index contributed by atoms with van der Waals surface area (Å²) in [6.45, 7) is 1.16. The van der Waals surface area contributed by atoms with Gasteiger partial charge in [0.25, 0.3) is 0 Å². The van der Waals surface area contributed by atoms with Crippen LogP contribution in [0.2, 0.25) is 0 Å². The Morgan fingerprint density at radius 2 is 1.70 bits per heavy atom. The first-order valence-electron chi connectivity index (χ1n) is 6.51. The topological polar surface area (TPSA) is 49.5 Å². The van der Waals surface area contributed by atoms with Gasteiger partial charge in [0.15, 0.2) is 0 Å². The Kier molecular flexibility index (Phi) is 4.71. The Morgan fingerprint density at radius 3 is 2.30 bits per heavy atom. The Morgan fingerprint density at radius 1 is 1.10 bits per heavy atom. The number of aliphatic hydroxyl groups is 1. The second-order valence-corrected chi connectivity index (χ2v) is 5.01. The zero-order valence-electron chi connectivity index (χ0n) is 11.5. The van der Waals surface area contributed by atoms with E-state index in [0.29, 0.717) is 18.8 Å². The number of hydrogen-bond donors (Lipinski definition) is 2. The van der Waals surface area contributed by atoms with Crippen LogP contribution >= 0.6 is 0 Å². The third-order valence-corrected chi connectivity index (χ3v) is 3.17. The average molecular weight is 274 g/mol. The molecule has 0 heterocycles. The number of anilines is 1. The lowest BCUT2D eigenvalue weighted by molar-refractivity contribution is 0.124. The molecule has 0 spiro atoms. The third-order valence-electron chi connectivity index (χ3n) is 3.17. The van der Waals surface area contributed by atoms with Gasteiger partial charge < -0.3 is 10.8 Å². The maximum Gasteiger partial charge on any atom is 0.123 e. The van der Waals surface area contributed by atoms with E-state index in [-0.39, 0.29) is 5.82 Å². The van der Waals surface area contributed by atoms with E-state index in [4.69, 9.17) is 5.73 Å². The summed E-state index contributed by atoms with van der Waals surface area (Å²) in [5.74, 6) is -0.238. The molecule has 3 N–H and O–H groups in total. The zero-order chi connectivity index (χ0) is 14.5. The summed E-state index contributed by atoms with van der Waals surface area (Å²) in [6.07, 6.45) is -0.568. The van der Waals surface area contributed by atoms with Crippen molar-refractivity contribution in [1.82, 2.24) is 4.90 Å². The van der Waals surface area contributed by atoms with E-state index >= 15 is 0 Å². The number of benzene rings is 2. The minimum atomic E-state index is -0.568. The average Bonchev–Trinajstić information content (AvgIpc) is 2.42. The Balaban J connectivity index is 1.92. The fraction of sp³-hybridized carbons (Fsp3) is 0.250. The first kappa shape index (κ1) is 14.5. The minimum absolute atomic E-state index is 0.238. The number of nitrogen functional groups attached to an aromatic ring is 1. The third kappa shape index (κ3) is 4.05. The summed E-state index contributed by atoms with van der Waals surface area (Å²) >= 11 is 0. The smallest absolute Gasteiger partial charge is 0.123 e. The quantitative estimate of drug-likeness (QED) is 0.824. The van der Waals surface area contributed by atoms with E-state index < -0.39 is 6.10 Å². The fourth-order valence-corrected chi connectivity index (χ4v) is 2.08. The van der Waals surface area contributed by atoms with Gasteiger partial charge in [0.2, 0.25) is 0 Å². The molecule has 2 rings (SSSR count). The SMILES string of the molecule is CN(Cc1ccc(F)cc1)CC(O)c1ccc(N)cc1. The molecule has 106 valence electrons. The standard InChI is InChI=1S/C16H19FN2O/c1-19(10-12-2-6-14(17)7-3-12)11-16(20)13-4-8-15(18)9-5-13/h2-9,16,20H,10-11,18H2,1H3. The van der Waals surface area contributed by atoms with E-state index in [1.54, 1.807) is 24.3 Å². The van der Waals surface area contributed by atoms with Crippen LogP contribution in [0.1, 0.15) is 17.2 Å². The summed E-state index contributed by atoms with van der Waals surface area (Å²) in [4.78, 5) is 1.99. The number of likely N-dealkylation sites (N-methyl/N-ethyl adjacent to an activating group) is 1. The van der Waals surface area contributed by atoms with Gasteiger partial charge in [0.05, 0.1) is 6.10 Å². The van der Waals surface area contributed by atoms with Crippen LogP contribution in [0.5, 0.6) is 0 Å². The highest BCUT2D eigenvalue weighted by molar-refractivity contribution is 5.39. The first-order chi connectivity index (χ1) is 9.54. The van der Waals surface area contributed by atoms with Crippen molar-refractivity contribution in [2.45, 2.75) is 12.6 Å². The predicted molar refractivity (Wildman–Crippen MR) is 78.5 cm³/mol. The van der Waals surface area contributed by atoms with Crippen LogP contribution in [0.4, 0.5) is 10.1 Å². The van der Waals surface area contributed by atoms with Crippen LogP contribution in [0.15, 0.2) is 48.5 Å². The van der Waals surface area contributed by atoms with Crippen molar-refractivity contribution in [1.29, 1.82) is 0 Å². The number of halogens is 1. The molecule has 0 aliphatic rings. The van der Waals surface area contributed by atoms with E-state index in [1.165, 1.54) is 12.1 Å². The van der Waals surface area contributed by atoms with Gasteiger partial charge >= 0.3 is 0 Å². The second kappa shape index (κ2) is 6.50. The second-order valence-electron chi connectivity index (χ2n) is 5.01. The maximum absolute atomic E-state index is 12.8. The molecule has 2 aromatic carbocycles. The summed E-state index contributed by atoms with van der Waals surface area (Å²) in [7, 11) is 1.92. The molecule has 4 heteroatoms. The highest BCUT2D eigenvalue weighted by Gasteiger charge is 2.11. The minimum Gasteiger partial charge on any atom is -0.399 e. The van der Waals surface area contributed by atoms with Gasteiger partial charge in [-0.05, 0) is 42.4 Å². The molecule has 0 amide bonds. The maximum atomic E-state index is 12.8. The Labute approximate surface area is 118 Å². The number of nitrogens with two attached hydrogens (primary N) is 1. The molecular formula is C16H19FN2O. The van der Waals surface area contributed by atoms with Crippen molar-refractivity contribution in [3.8, 4) is 0 Å². The van der Waals surface area contributed by atoms with E-state index in [2.05, 4.69) is 0 Å². The molecule has 0 aromatic heterocycles. The highest BCUT2D eigenvalue weighted by Crippen LogP contribution is 2.16. The first-order valence-corrected chi connectivity index (χ1v) is 6.51. The molecule has 0 saturated heterocycles. The highest BCUT2D eigenvalue weighted by atomic mass is 19.1. The number of aliphatic hydroxyl groups excluding tert-OH is 1. The molecule has 2 aromatic rings. The molecule has 0 bridgehead atoms. The molecule has 20 heavy (non-hydrogen) atoms. The molecule has 0 aliphatic heterocycles. The van der Waals surface area contributed by atoms with Gasteiger partial charge in [-0.15, -0.1) is 0 Å². The van der Waals surface area contributed by atoms with Crippen molar-refractivity contribution in [3.63, 3.8) is 0 Å². The van der Waals surface area contributed by atoms with Gasteiger partial charge in [-0.2, -0.15) is 0 Å². The van der Waals surface area contributed by atoms with Crippen LogP contribution < -0.4 is 5.73 Å². The van der Waals surface area contributed by atoms with Crippen LogP contribution in [0.3, 0.4) is 0 Å². The lowest BCUT2D eigenvalue weighted by Gasteiger charge is -2.21. The van der Waals surface area contributed by atoms with Crippen molar-refractivity contribution in [3.05, 3.63) is 65.5 Å². The van der Waals surface area contributed by atoms with Crippen molar-refractivity contribution in [2.24, 2.45) is 0 Å². The molecule has 0 saturated carbocycles. The van der Waals surface area contributed by atoms with E-state index in [0.717, 1.165) is 11.1 Å². The monoisotopic (exact) mass is 274 g/mol. The number of hydrogen-bond acceptors (Lipinski definition) is 3. The van der Waals surface area contributed by atoms with Crippen LogP contribution in [-0.4, -0.2) is 23.6 Å². The largest absolute Gasteiger partial charge is 0.399 e. The van der Waals surface area contributed by atoms with Crippen LogP contribution in [0.25, 0.3) is 0 Å². The van der Waals surface area contributed by atoms with Crippen LogP contribution in [-0.2, 0) is 6.54 Å². The molecule has 0 fully saturated rings. The fourth-order valence-electron chi connectivity index (χ4n) is 2.08. The van der Waals surface area contributed by atoms with Gasteiger partial charge in [-0.3, -0.25) is 4.90 Å². The summed E-state index contributed by atoms with van der Waals surface area (Å²) in [5.41, 5.74) is 8.15. The molecule has 1 unspecified atom stereocenters. The molecule has 3 nitrogen and oxygen atoms in total. The van der Waals surface area contributed by atoms with Crippen molar-refractivity contribution >= 4 is 5.69 Å². The zero-order valence-corrected chi connectivity index (χ0v) is 11.5. The molecular weight excluding hydrogens is 255 g/mol. The van der Waals surface area contributed by atoms with Gasteiger partial charge in [0.1, 0.15) is 5.82 Å². The van der Waals surface area contributed by atoms with Crippen molar-refractivity contribution < 1.29 is 9.50 Å².